The smallest absolute Gasteiger partial charge is 0.264 e. The number of benzene rings is 3. The maximum absolute atomic E-state index is 14.3. The van der Waals surface area contributed by atoms with Crippen LogP contribution in [-0.4, -0.2) is 65.1 Å². The van der Waals surface area contributed by atoms with E-state index in [0.29, 0.717) is 23.6 Å². The fraction of sp³-hybridized carbons (Fsp3) is 0.394. The van der Waals surface area contributed by atoms with Gasteiger partial charge in [0.25, 0.3) is 10.0 Å². The predicted octanol–water partition coefficient (Wildman–Crippen LogP) is 4.86. The summed E-state index contributed by atoms with van der Waals surface area (Å²) in [4.78, 5) is 29.0. The normalized spacial score (nSPS) is 11.9. The quantitative estimate of drug-likeness (QED) is 0.272. The Labute approximate surface area is 261 Å². The van der Waals surface area contributed by atoms with Gasteiger partial charge in [0.2, 0.25) is 11.8 Å². The summed E-state index contributed by atoms with van der Waals surface area (Å²) in [6.45, 7) is 8.74. The van der Waals surface area contributed by atoms with Crippen LogP contribution < -0.4 is 23.8 Å². The summed E-state index contributed by atoms with van der Waals surface area (Å²) in [5.74, 6) is 0.340. The summed E-state index contributed by atoms with van der Waals surface area (Å²) in [6.07, 6.45) is 0.320. The Morgan fingerprint density at radius 1 is 0.864 bits per heavy atom. The van der Waals surface area contributed by atoms with Crippen LogP contribution in [0.3, 0.4) is 0 Å². The zero-order valence-corrected chi connectivity index (χ0v) is 27.5. The molecule has 0 spiro atoms. The maximum Gasteiger partial charge on any atom is 0.264 e. The highest BCUT2D eigenvalue weighted by Crippen LogP contribution is 2.33. The first-order valence-electron chi connectivity index (χ1n) is 14.4. The van der Waals surface area contributed by atoms with Crippen LogP contribution in [0.2, 0.25) is 0 Å². The Bertz CT molecular complexity index is 1550. The molecular formula is C33H43N3O7S. The minimum atomic E-state index is -4.30. The highest BCUT2D eigenvalue weighted by Gasteiger charge is 2.34. The largest absolute Gasteiger partial charge is 0.497 e. The van der Waals surface area contributed by atoms with Crippen molar-refractivity contribution in [3.8, 4) is 17.2 Å². The van der Waals surface area contributed by atoms with E-state index in [9.17, 15) is 18.0 Å². The third-order valence-electron chi connectivity index (χ3n) is 7.02. The Balaban J connectivity index is 2.15. The van der Waals surface area contributed by atoms with E-state index in [0.717, 1.165) is 21.0 Å². The summed E-state index contributed by atoms with van der Waals surface area (Å²) < 4.78 is 45.7. The molecule has 10 nitrogen and oxygen atoms in total. The molecule has 2 amide bonds. The lowest BCUT2D eigenvalue weighted by Crippen LogP contribution is -2.53. The highest BCUT2D eigenvalue weighted by molar-refractivity contribution is 7.92. The molecule has 44 heavy (non-hydrogen) atoms. The van der Waals surface area contributed by atoms with Crippen LogP contribution in [0.25, 0.3) is 0 Å². The molecule has 0 heterocycles. The summed E-state index contributed by atoms with van der Waals surface area (Å²) >= 11 is 0. The number of ether oxygens (including phenoxy) is 3. The molecule has 1 N–H and O–H groups in total. The summed E-state index contributed by atoms with van der Waals surface area (Å²) in [6, 6.07) is 15.9. The van der Waals surface area contributed by atoms with Crippen molar-refractivity contribution in [1.82, 2.24) is 10.2 Å². The molecule has 0 aliphatic heterocycles. The van der Waals surface area contributed by atoms with E-state index in [4.69, 9.17) is 14.2 Å². The lowest BCUT2D eigenvalue weighted by molar-refractivity contribution is -0.140. The molecule has 0 aliphatic carbocycles. The van der Waals surface area contributed by atoms with Crippen LogP contribution in [0.5, 0.6) is 17.2 Å². The topological polar surface area (TPSA) is 114 Å². The molecule has 0 unspecified atom stereocenters. The van der Waals surface area contributed by atoms with Gasteiger partial charge in [0.05, 0.1) is 31.9 Å². The number of hydrogen-bond donors (Lipinski definition) is 1. The summed E-state index contributed by atoms with van der Waals surface area (Å²) in [7, 11) is 0.131. The van der Waals surface area contributed by atoms with Crippen molar-refractivity contribution >= 4 is 27.5 Å². The number of carbonyl (C=O) groups is 2. The van der Waals surface area contributed by atoms with E-state index in [1.807, 2.05) is 46.8 Å². The van der Waals surface area contributed by atoms with Gasteiger partial charge in [0, 0.05) is 18.7 Å². The van der Waals surface area contributed by atoms with Crippen molar-refractivity contribution in [2.45, 2.75) is 64.6 Å². The van der Waals surface area contributed by atoms with Gasteiger partial charge < -0.3 is 24.4 Å². The lowest BCUT2D eigenvalue weighted by Gasteiger charge is -2.33. The zero-order chi connectivity index (χ0) is 32.6. The van der Waals surface area contributed by atoms with Gasteiger partial charge in [-0.05, 0) is 87.2 Å². The van der Waals surface area contributed by atoms with Gasteiger partial charge in [0.1, 0.15) is 18.3 Å². The Morgan fingerprint density at radius 2 is 1.52 bits per heavy atom. The lowest BCUT2D eigenvalue weighted by atomic mass is 10.1. The van der Waals surface area contributed by atoms with E-state index >= 15 is 0 Å². The van der Waals surface area contributed by atoms with Crippen molar-refractivity contribution in [2.75, 3.05) is 32.2 Å². The van der Waals surface area contributed by atoms with Gasteiger partial charge in [-0.1, -0.05) is 25.1 Å². The van der Waals surface area contributed by atoms with Crippen LogP contribution >= 0.6 is 0 Å². The van der Waals surface area contributed by atoms with Crippen LogP contribution in [0, 0.1) is 13.8 Å². The Hall–Kier alpha value is -4.25. The first-order chi connectivity index (χ1) is 20.8. The van der Waals surface area contributed by atoms with Crippen molar-refractivity contribution in [3.63, 3.8) is 0 Å². The first kappa shape index (κ1) is 34.2. The number of methoxy groups -OCH3 is 3. The number of carbonyl (C=O) groups excluding carboxylic acids is 2. The number of anilines is 1. The molecule has 0 fully saturated rings. The maximum atomic E-state index is 14.3. The second kappa shape index (κ2) is 15.0. The molecule has 3 rings (SSSR count). The van der Waals surface area contributed by atoms with Crippen molar-refractivity contribution in [3.05, 3.63) is 77.4 Å². The average molecular weight is 626 g/mol. The second-order valence-corrected chi connectivity index (χ2v) is 12.7. The molecule has 3 aromatic rings. The number of sulfonamides is 1. The van der Waals surface area contributed by atoms with E-state index in [1.54, 1.807) is 37.4 Å². The fourth-order valence-corrected chi connectivity index (χ4v) is 6.41. The standard InChI is InChI=1S/C33H43N3O7S/c1-9-29(33(38)34-22(2)3)35(20-25-11-10-12-27(18-25)41-6)32(37)21-36(26-16-23(4)15-24(5)17-26)44(39,40)28-13-14-30(42-7)31(19-28)43-8/h10-19,22,29H,9,20-21H2,1-8H3,(H,34,38)/t29-/m1/s1. The number of nitrogens with zero attached hydrogens (tertiary/aromatic N) is 2. The van der Waals surface area contributed by atoms with Crippen molar-refractivity contribution in [2.24, 2.45) is 0 Å². The first-order valence-corrected chi connectivity index (χ1v) is 15.8. The molecule has 1 atom stereocenters. The molecule has 238 valence electrons. The van der Waals surface area contributed by atoms with Gasteiger partial charge >= 0.3 is 0 Å². The Morgan fingerprint density at radius 3 is 2.09 bits per heavy atom. The molecule has 11 heteroatoms. The van der Waals surface area contributed by atoms with Crippen molar-refractivity contribution in [1.29, 1.82) is 0 Å². The van der Waals surface area contributed by atoms with Gasteiger partial charge in [-0.15, -0.1) is 0 Å². The molecule has 0 bridgehead atoms. The molecule has 0 radical (unpaired) electrons. The molecule has 3 aromatic carbocycles. The molecule has 0 saturated carbocycles. The van der Waals surface area contributed by atoms with Crippen molar-refractivity contribution < 1.29 is 32.2 Å². The summed E-state index contributed by atoms with van der Waals surface area (Å²) in [5.41, 5.74) is 2.72. The molecule has 0 aliphatic rings. The number of aryl methyl sites for hydroxylation is 2. The number of amides is 2. The molecular weight excluding hydrogens is 582 g/mol. The Kier molecular flexibility index (Phi) is 11.6. The minimum Gasteiger partial charge on any atom is -0.497 e. The number of hydrogen-bond acceptors (Lipinski definition) is 7. The van der Waals surface area contributed by atoms with Crippen LogP contribution in [0.15, 0.2) is 65.6 Å². The molecule has 0 aromatic heterocycles. The van der Waals surface area contributed by atoms with E-state index in [2.05, 4.69) is 5.32 Å². The average Bonchev–Trinajstić information content (AvgIpc) is 2.98. The van der Waals surface area contributed by atoms with E-state index in [-0.39, 0.29) is 29.1 Å². The van der Waals surface area contributed by atoms with Gasteiger partial charge in [0.15, 0.2) is 11.5 Å². The second-order valence-electron chi connectivity index (χ2n) is 10.8. The zero-order valence-electron chi connectivity index (χ0n) is 26.7. The third kappa shape index (κ3) is 8.22. The van der Waals surface area contributed by atoms with Gasteiger partial charge in [-0.25, -0.2) is 8.42 Å². The van der Waals surface area contributed by atoms with Crippen LogP contribution in [0.4, 0.5) is 5.69 Å². The molecule has 0 saturated heterocycles. The van der Waals surface area contributed by atoms with Gasteiger partial charge in [-0.3, -0.25) is 13.9 Å². The third-order valence-corrected chi connectivity index (χ3v) is 8.79. The predicted molar refractivity (Wildman–Crippen MR) is 171 cm³/mol. The number of rotatable bonds is 14. The SMILES string of the molecule is CC[C@H](C(=O)NC(C)C)N(Cc1cccc(OC)c1)C(=O)CN(c1cc(C)cc(C)c1)S(=O)(=O)c1ccc(OC)c(OC)c1. The van der Waals surface area contributed by atoms with E-state index < -0.39 is 28.5 Å². The number of nitrogens with one attached hydrogen (secondary N) is 1. The highest BCUT2D eigenvalue weighted by atomic mass is 32.2. The fourth-order valence-electron chi connectivity index (χ4n) is 5.00. The van der Waals surface area contributed by atoms with Gasteiger partial charge in [-0.2, -0.15) is 0 Å². The summed E-state index contributed by atoms with van der Waals surface area (Å²) in [5, 5.41) is 2.90. The van der Waals surface area contributed by atoms with E-state index in [1.165, 1.54) is 37.3 Å². The monoisotopic (exact) mass is 625 g/mol. The van der Waals surface area contributed by atoms with Crippen LogP contribution in [-0.2, 0) is 26.2 Å². The minimum absolute atomic E-state index is 0.0666. The van der Waals surface area contributed by atoms with Crippen LogP contribution in [0.1, 0.15) is 43.9 Å².